The van der Waals surface area contributed by atoms with Crippen molar-refractivity contribution in [3.63, 3.8) is 0 Å². The Kier molecular flexibility index (Phi) is 4.34. The van der Waals surface area contributed by atoms with Crippen LogP contribution < -0.4 is 10.1 Å². The topological polar surface area (TPSA) is 47.0 Å². The summed E-state index contributed by atoms with van der Waals surface area (Å²) in [5.74, 6) is 2.48. The van der Waals surface area contributed by atoms with Crippen LogP contribution >= 0.6 is 0 Å². The van der Waals surface area contributed by atoms with Gasteiger partial charge < -0.3 is 10.1 Å². The van der Waals surface area contributed by atoms with Crippen LogP contribution in [0.1, 0.15) is 32.3 Å². The van der Waals surface area contributed by atoms with Crippen molar-refractivity contribution in [2.75, 3.05) is 11.9 Å². The first kappa shape index (κ1) is 13.3. The van der Waals surface area contributed by atoms with E-state index in [2.05, 4.69) is 35.2 Å². The lowest BCUT2D eigenvalue weighted by molar-refractivity contribution is 0.460. The van der Waals surface area contributed by atoms with Gasteiger partial charge >= 0.3 is 0 Å². The molecule has 4 nitrogen and oxygen atoms in total. The second-order valence-electron chi connectivity index (χ2n) is 4.60. The molecule has 0 aliphatic heterocycles. The predicted octanol–water partition coefficient (Wildman–Crippen LogP) is 3.82. The van der Waals surface area contributed by atoms with E-state index in [1.807, 2.05) is 25.1 Å². The minimum atomic E-state index is 0.475. The molecule has 1 aromatic heterocycles. The molecule has 0 saturated heterocycles. The van der Waals surface area contributed by atoms with E-state index in [1.54, 1.807) is 12.4 Å². The van der Waals surface area contributed by atoms with Gasteiger partial charge in [0.05, 0.1) is 12.4 Å². The number of nitrogens with one attached hydrogen (secondary N) is 1. The van der Waals surface area contributed by atoms with Gasteiger partial charge in [0.25, 0.3) is 0 Å². The number of hydrogen-bond donors (Lipinski definition) is 1. The fourth-order valence-corrected chi connectivity index (χ4v) is 1.72. The van der Waals surface area contributed by atoms with E-state index in [1.165, 1.54) is 5.56 Å². The van der Waals surface area contributed by atoms with Crippen molar-refractivity contribution in [3.05, 3.63) is 42.2 Å². The molecule has 0 saturated carbocycles. The first-order chi connectivity index (χ1) is 9.19. The minimum absolute atomic E-state index is 0.475. The zero-order chi connectivity index (χ0) is 13.7. The van der Waals surface area contributed by atoms with Crippen LogP contribution in [0.3, 0.4) is 0 Å². The van der Waals surface area contributed by atoms with Crippen LogP contribution in [0.4, 0.5) is 5.82 Å². The summed E-state index contributed by atoms with van der Waals surface area (Å²) in [4.78, 5) is 8.44. The van der Waals surface area contributed by atoms with E-state index >= 15 is 0 Å². The molecule has 19 heavy (non-hydrogen) atoms. The Hall–Kier alpha value is -2.10. The molecule has 0 amide bonds. The molecule has 0 atom stereocenters. The van der Waals surface area contributed by atoms with Gasteiger partial charge in [-0.2, -0.15) is 4.98 Å². The normalized spacial score (nSPS) is 10.5. The lowest BCUT2D eigenvalue weighted by Crippen LogP contribution is -2.00. The molecule has 0 spiro atoms. The minimum Gasteiger partial charge on any atom is -0.437 e. The molecule has 0 radical (unpaired) electrons. The number of hydrogen-bond acceptors (Lipinski definition) is 4. The summed E-state index contributed by atoms with van der Waals surface area (Å²) in [6.07, 6.45) is 3.30. The van der Waals surface area contributed by atoms with Gasteiger partial charge in [0.2, 0.25) is 5.88 Å². The van der Waals surface area contributed by atoms with Gasteiger partial charge in [0.15, 0.2) is 0 Å². The molecule has 100 valence electrons. The molecule has 2 rings (SSSR count). The summed E-state index contributed by atoms with van der Waals surface area (Å²) >= 11 is 0. The number of ether oxygens (including phenoxy) is 1. The van der Waals surface area contributed by atoms with Crippen LogP contribution in [0, 0.1) is 0 Å². The molecule has 0 unspecified atom stereocenters. The third kappa shape index (κ3) is 3.68. The Labute approximate surface area is 113 Å². The van der Waals surface area contributed by atoms with Crippen LogP contribution in [-0.4, -0.2) is 16.5 Å². The largest absolute Gasteiger partial charge is 0.437 e. The molecule has 0 fully saturated rings. The smallest absolute Gasteiger partial charge is 0.239 e. The van der Waals surface area contributed by atoms with Gasteiger partial charge in [-0.25, -0.2) is 0 Å². The summed E-state index contributed by atoms with van der Waals surface area (Å²) in [5.41, 5.74) is 1.24. The maximum atomic E-state index is 5.74. The van der Waals surface area contributed by atoms with Gasteiger partial charge in [0.1, 0.15) is 11.6 Å². The average Bonchev–Trinajstić information content (AvgIpc) is 2.40. The standard InChI is InChI=1S/C15H19N3O/c1-4-17-14-9-16-10-15(18-14)19-13-7-5-6-12(8-13)11(2)3/h5-11H,4H2,1-3H3,(H,17,18). The molecule has 1 N–H and O–H groups in total. The highest BCUT2D eigenvalue weighted by atomic mass is 16.5. The molecule has 1 heterocycles. The van der Waals surface area contributed by atoms with Crippen molar-refractivity contribution in [1.29, 1.82) is 0 Å². The maximum absolute atomic E-state index is 5.74. The summed E-state index contributed by atoms with van der Waals surface area (Å²) in [6, 6.07) is 8.05. The lowest BCUT2D eigenvalue weighted by Gasteiger charge is -2.09. The quantitative estimate of drug-likeness (QED) is 0.884. The highest BCUT2D eigenvalue weighted by Crippen LogP contribution is 2.24. The van der Waals surface area contributed by atoms with Crippen molar-refractivity contribution >= 4 is 5.82 Å². The summed E-state index contributed by atoms with van der Waals surface area (Å²) in [6.45, 7) is 7.14. The van der Waals surface area contributed by atoms with Crippen LogP contribution in [0.25, 0.3) is 0 Å². The van der Waals surface area contributed by atoms with Gasteiger partial charge in [-0.05, 0) is 30.5 Å². The second-order valence-corrected chi connectivity index (χ2v) is 4.60. The zero-order valence-corrected chi connectivity index (χ0v) is 11.6. The number of aromatic nitrogens is 2. The molecule has 0 aliphatic rings. The highest BCUT2D eigenvalue weighted by molar-refractivity contribution is 5.36. The zero-order valence-electron chi connectivity index (χ0n) is 11.6. The van der Waals surface area contributed by atoms with E-state index in [4.69, 9.17) is 4.74 Å². The van der Waals surface area contributed by atoms with E-state index in [-0.39, 0.29) is 0 Å². The first-order valence-corrected chi connectivity index (χ1v) is 6.52. The molecule has 2 aromatic rings. The van der Waals surface area contributed by atoms with Crippen molar-refractivity contribution in [3.8, 4) is 11.6 Å². The van der Waals surface area contributed by atoms with Crippen LogP contribution in [-0.2, 0) is 0 Å². The van der Waals surface area contributed by atoms with Crippen LogP contribution in [0.15, 0.2) is 36.7 Å². The third-order valence-corrected chi connectivity index (χ3v) is 2.72. The lowest BCUT2D eigenvalue weighted by atomic mass is 10.0. The van der Waals surface area contributed by atoms with Crippen LogP contribution in [0.2, 0.25) is 0 Å². The Morgan fingerprint density at radius 1 is 1.26 bits per heavy atom. The molecule has 0 bridgehead atoms. The van der Waals surface area contributed by atoms with Gasteiger partial charge in [-0.15, -0.1) is 0 Å². The molecule has 4 heteroatoms. The number of nitrogens with zero attached hydrogens (tertiary/aromatic N) is 2. The summed E-state index contributed by atoms with van der Waals surface area (Å²) < 4.78 is 5.74. The van der Waals surface area contributed by atoms with E-state index in [0.717, 1.165) is 18.1 Å². The summed E-state index contributed by atoms with van der Waals surface area (Å²) in [7, 11) is 0. The SMILES string of the molecule is CCNc1cncc(Oc2cccc(C(C)C)c2)n1. The number of benzene rings is 1. The van der Waals surface area contributed by atoms with E-state index in [0.29, 0.717) is 11.8 Å². The highest BCUT2D eigenvalue weighted by Gasteiger charge is 2.04. The number of rotatable bonds is 5. The van der Waals surface area contributed by atoms with Crippen molar-refractivity contribution in [2.24, 2.45) is 0 Å². The molecular weight excluding hydrogens is 238 g/mol. The monoisotopic (exact) mass is 257 g/mol. The first-order valence-electron chi connectivity index (χ1n) is 6.52. The fraction of sp³-hybridized carbons (Fsp3) is 0.333. The average molecular weight is 257 g/mol. The molecule has 0 aliphatic carbocycles. The number of anilines is 1. The van der Waals surface area contributed by atoms with Crippen molar-refractivity contribution in [1.82, 2.24) is 9.97 Å². The Balaban J connectivity index is 2.16. The summed E-state index contributed by atoms with van der Waals surface area (Å²) in [5, 5.41) is 3.11. The second kappa shape index (κ2) is 6.18. The van der Waals surface area contributed by atoms with Gasteiger partial charge in [-0.3, -0.25) is 4.98 Å². The Morgan fingerprint density at radius 3 is 2.84 bits per heavy atom. The van der Waals surface area contributed by atoms with Crippen molar-refractivity contribution in [2.45, 2.75) is 26.7 Å². The fourth-order valence-electron chi connectivity index (χ4n) is 1.72. The Morgan fingerprint density at radius 2 is 2.11 bits per heavy atom. The van der Waals surface area contributed by atoms with Gasteiger partial charge in [-0.1, -0.05) is 26.0 Å². The van der Waals surface area contributed by atoms with Crippen LogP contribution in [0.5, 0.6) is 11.6 Å². The Bertz CT molecular complexity index is 540. The van der Waals surface area contributed by atoms with E-state index in [9.17, 15) is 0 Å². The van der Waals surface area contributed by atoms with Gasteiger partial charge in [0, 0.05) is 6.54 Å². The van der Waals surface area contributed by atoms with E-state index < -0.39 is 0 Å². The van der Waals surface area contributed by atoms with Crippen molar-refractivity contribution < 1.29 is 4.74 Å². The molecule has 1 aromatic carbocycles. The third-order valence-electron chi connectivity index (χ3n) is 2.72. The molecular formula is C15H19N3O. The maximum Gasteiger partial charge on any atom is 0.239 e. The predicted molar refractivity (Wildman–Crippen MR) is 76.8 cm³/mol.